The van der Waals surface area contributed by atoms with Gasteiger partial charge < -0.3 is 15.1 Å². The van der Waals surface area contributed by atoms with E-state index < -0.39 is 5.54 Å². The van der Waals surface area contributed by atoms with Crippen molar-refractivity contribution in [2.45, 2.75) is 58.3 Å². The van der Waals surface area contributed by atoms with E-state index in [9.17, 15) is 4.79 Å². The van der Waals surface area contributed by atoms with Gasteiger partial charge in [-0.15, -0.1) is 0 Å². The van der Waals surface area contributed by atoms with E-state index in [-0.39, 0.29) is 30.0 Å². The summed E-state index contributed by atoms with van der Waals surface area (Å²) in [4.78, 5) is 24.5. The molecule has 1 amide bonds. The molecule has 1 fully saturated rings. The molecule has 1 N–H and O–H groups in total. The van der Waals surface area contributed by atoms with Gasteiger partial charge in [0.15, 0.2) is 5.17 Å². The SMILES string of the molecule is CC(C)C1=C(C(=O)N(C(C)C)C2CNC2)SC2=NC(C)(c3ccc(Cl)cc3)C(c3ccc(Cl)cc3)N21. The molecule has 0 aromatic heterocycles. The van der Waals surface area contributed by atoms with Crippen LogP contribution >= 0.6 is 35.0 Å². The maximum absolute atomic E-state index is 14.0. The Morgan fingerprint density at radius 3 is 2.14 bits per heavy atom. The molecular weight excluding hydrogens is 511 g/mol. The standard InChI is InChI=1S/C28H32Cl2N4OS/c1-16(2)23-24(26(35)33(17(3)4)22-14-31-15-22)36-27-32-28(5,19-8-12-21(30)13-9-19)25(34(23)27)18-6-10-20(29)11-7-18/h6-13,16-17,22,25,31H,14-15H2,1-5H3. The number of halogens is 2. The van der Waals surface area contributed by atoms with E-state index in [0.717, 1.165) is 40.0 Å². The molecule has 8 heteroatoms. The Bertz CT molecular complexity index is 1220. The van der Waals surface area contributed by atoms with Crippen LogP contribution in [-0.2, 0) is 10.3 Å². The van der Waals surface area contributed by atoms with Gasteiger partial charge in [-0.1, -0.05) is 61.3 Å². The number of benzene rings is 2. The van der Waals surface area contributed by atoms with Gasteiger partial charge in [-0.25, -0.2) is 4.99 Å². The third-order valence-corrected chi connectivity index (χ3v) is 8.87. The lowest BCUT2D eigenvalue weighted by Gasteiger charge is -2.41. The molecule has 0 saturated carbocycles. The summed E-state index contributed by atoms with van der Waals surface area (Å²) in [6.45, 7) is 12.4. The van der Waals surface area contributed by atoms with Gasteiger partial charge in [0.25, 0.3) is 5.91 Å². The lowest BCUT2D eigenvalue weighted by atomic mass is 9.81. The maximum atomic E-state index is 14.0. The van der Waals surface area contributed by atoms with Crippen molar-refractivity contribution in [2.24, 2.45) is 10.9 Å². The summed E-state index contributed by atoms with van der Waals surface area (Å²) in [6, 6.07) is 16.2. The van der Waals surface area contributed by atoms with Crippen LogP contribution in [0.25, 0.3) is 0 Å². The number of allylic oxidation sites excluding steroid dienone is 1. The van der Waals surface area contributed by atoms with Crippen molar-refractivity contribution in [3.05, 3.63) is 80.3 Å². The van der Waals surface area contributed by atoms with Crippen LogP contribution in [0.15, 0.2) is 64.1 Å². The molecule has 2 aromatic carbocycles. The molecule has 3 aliphatic heterocycles. The fourth-order valence-electron chi connectivity index (χ4n) is 5.47. The quantitative estimate of drug-likeness (QED) is 0.455. The van der Waals surface area contributed by atoms with Gasteiger partial charge in [0.05, 0.1) is 12.1 Å². The summed E-state index contributed by atoms with van der Waals surface area (Å²) < 4.78 is 0. The zero-order valence-corrected chi connectivity index (χ0v) is 23.6. The number of amidine groups is 1. The Balaban J connectivity index is 1.63. The normalized spacial score (nSPS) is 23.9. The number of hydrogen-bond acceptors (Lipinski definition) is 5. The van der Waals surface area contributed by atoms with Crippen LogP contribution in [0.4, 0.5) is 0 Å². The first-order valence-electron chi connectivity index (χ1n) is 12.5. The molecular formula is C28H32Cl2N4OS. The summed E-state index contributed by atoms with van der Waals surface area (Å²) in [5.41, 5.74) is 2.66. The molecule has 5 rings (SSSR count). The molecule has 1 saturated heterocycles. The molecule has 2 unspecified atom stereocenters. The second-order valence-corrected chi connectivity index (χ2v) is 12.3. The van der Waals surface area contributed by atoms with Crippen LogP contribution in [0, 0.1) is 5.92 Å². The highest BCUT2D eigenvalue weighted by Gasteiger charge is 2.53. The van der Waals surface area contributed by atoms with Crippen LogP contribution in [0.1, 0.15) is 51.8 Å². The minimum atomic E-state index is -0.564. The molecule has 190 valence electrons. The third kappa shape index (κ3) is 4.26. The number of thioether (sulfide) groups is 1. The number of nitrogens with one attached hydrogen (secondary N) is 1. The van der Waals surface area contributed by atoms with Crippen molar-refractivity contribution in [1.29, 1.82) is 0 Å². The van der Waals surface area contributed by atoms with Crippen LogP contribution in [0.5, 0.6) is 0 Å². The first-order valence-corrected chi connectivity index (χ1v) is 14.0. The zero-order chi connectivity index (χ0) is 25.8. The molecule has 5 nitrogen and oxygen atoms in total. The molecule has 0 bridgehead atoms. The van der Waals surface area contributed by atoms with Crippen LogP contribution in [0.2, 0.25) is 10.0 Å². The number of hydrogen-bond donors (Lipinski definition) is 1. The molecule has 0 radical (unpaired) electrons. The van der Waals surface area contributed by atoms with Gasteiger partial charge in [0, 0.05) is 34.9 Å². The molecule has 2 aromatic rings. The van der Waals surface area contributed by atoms with E-state index >= 15 is 0 Å². The second kappa shape index (κ2) is 9.71. The monoisotopic (exact) mass is 542 g/mol. The summed E-state index contributed by atoms with van der Waals surface area (Å²) in [7, 11) is 0. The predicted molar refractivity (Wildman–Crippen MR) is 150 cm³/mol. The molecule has 2 atom stereocenters. The molecule has 3 aliphatic rings. The third-order valence-electron chi connectivity index (χ3n) is 7.31. The summed E-state index contributed by atoms with van der Waals surface area (Å²) >= 11 is 14.0. The van der Waals surface area contributed by atoms with Gasteiger partial charge in [0.2, 0.25) is 0 Å². The van der Waals surface area contributed by atoms with Crippen molar-refractivity contribution in [3.63, 3.8) is 0 Å². The van der Waals surface area contributed by atoms with Crippen molar-refractivity contribution in [2.75, 3.05) is 13.1 Å². The highest BCUT2D eigenvalue weighted by Crippen LogP contribution is 2.56. The van der Waals surface area contributed by atoms with E-state index in [2.05, 4.69) is 69.1 Å². The molecule has 0 spiro atoms. The van der Waals surface area contributed by atoms with Crippen molar-refractivity contribution < 1.29 is 4.79 Å². The lowest BCUT2D eigenvalue weighted by molar-refractivity contribution is -0.131. The Labute approximate surface area is 227 Å². The van der Waals surface area contributed by atoms with E-state index in [1.807, 2.05) is 29.2 Å². The van der Waals surface area contributed by atoms with Gasteiger partial charge in [-0.05, 0) is 73.8 Å². The predicted octanol–water partition coefficient (Wildman–Crippen LogP) is 6.44. The molecule has 36 heavy (non-hydrogen) atoms. The number of nitrogens with zero attached hydrogens (tertiary/aromatic N) is 3. The van der Waals surface area contributed by atoms with Crippen molar-refractivity contribution in [3.8, 4) is 0 Å². The average Bonchev–Trinajstić information content (AvgIpc) is 3.29. The van der Waals surface area contributed by atoms with Gasteiger partial charge in [-0.2, -0.15) is 0 Å². The summed E-state index contributed by atoms with van der Waals surface area (Å²) in [5, 5.41) is 5.57. The Morgan fingerprint density at radius 2 is 1.64 bits per heavy atom. The van der Waals surface area contributed by atoms with E-state index in [0.29, 0.717) is 10.0 Å². The first kappa shape index (κ1) is 25.7. The van der Waals surface area contributed by atoms with E-state index in [4.69, 9.17) is 28.2 Å². The molecule has 3 heterocycles. The summed E-state index contributed by atoms with van der Waals surface area (Å²) in [6.07, 6.45) is 0. The number of fused-ring (bicyclic) bond motifs is 1. The lowest BCUT2D eigenvalue weighted by Crippen LogP contribution is -2.61. The number of aliphatic imine (C=N–C) groups is 1. The first-order chi connectivity index (χ1) is 17.1. The number of carbonyl (C=O) groups excluding carboxylic acids is 1. The van der Waals surface area contributed by atoms with Crippen LogP contribution in [-0.4, -0.2) is 46.0 Å². The highest BCUT2D eigenvalue weighted by molar-refractivity contribution is 8.18. The fourth-order valence-corrected chi connectivity index (χ4v) is 7.08. The fraction of sp³-hybridized carbons (Fsp3) is 0.429. The smallest absolute Gasteiger partial charge is 0.263 e. The van der Waals surface area contributed by atoms with Crippen LogP contribution < -0.4 is 5.32 Å². The van der Waals surface area contributed by atoms with E-state index in [1.54, 1.807) is 0 Å². The zero-order valence-electron chi connectivity index (χ0n) is 21.3. The largest absolute Gasteiger partial charge is 0.330 e. The number of amides is 1. The number of carbonyl (C=O) groups is 1. The van der Waals surface area contributed by atoms with Gasteiger partial charge in [0.1, 0.15) is 10.4 Å². The second-order valence-electron chi connectivity index (χ2n) is 10.5. The Kier molecular flexibility index (Phi) is 6.92. The molecule has 0 aliphatic carbocycles. The van der Waals surface area contributed by atoms with Gasteiger partial charge >= 0.3 is 0 Å². The Morgan fingerprint density at radius 1 is 1.06 bits per heavy atom. The minimum absolute atomic E-state index is 0.102. The number of rotatable bonds is 6. The average molecular weight is 544 g/mol. The highest BCUT2D eigenvalue weighted by atomic mass is 35.5. The van der Waals surface area contributed by atoms with Crippen molar-refractivity contribution in [1.82, 2.24) is 15.1 Å². The summed E-state index contributed by atoms with van der Waals surface area (Å²) in [5.74, 6) is 0.241. The maximum Gasteiger partial charge on any atom is 0.263 e. The topological polar surface area (TPSA) is 47.9 Å². The van der Waals surface area contributed by atoms with Crippen molar-refractivity contribution >= 4 is 46.0 Å². The van der Waals surface area contributed by atoms with Gasteiger partial charge in [-0.3, -0.25) is 4.79 Å². The Hall–Kier alpha value is -1.99. The minimum Gasteiger partial charge on any atom is -0.330 e. The van der Waals surface area contributed by atoms with Crippen LogP contribution in [0.3, 0.4) is 0 Å². The van der Waals surface area contributed by atoms with E-state index in [1.165, 1.54) is 11.8 Å².